The van der Waals surface area contributed by atoms with Crippen LogP contribution in [-0.4, -0.2) is 44.2 Å². The number of carbonyl (C=O) groups is 2. The maximum atomic E-state index is 13.4. The van der Waals surface area contributed by atoms with E-state index in [9.17, 15) is 18.0 Å². The summed E-state index contributed by atoms with van der Waals surface area (Å²) in [6.07, 6.45) is 1.22. The van der Waals surface area contributed by atoms with Crippen molar-refractivity contribution >= 4 is 33.2 Å². The van der Waals surface area contributed by atoms with Crippen molar-refractivity contribution < 1.29 is 22.7 Å². The highest BCUT2D eigenvalue weighted by atomic mass is 32.2. The van der Waals surface area contributed by atoms with Gasteiger partial charge in [0.1, 0.15) is 5.75 Å². The van der Waals surface area contributed by atoms with E-state index in [0.29, 0.717) is 36.4 Å². The number of fused-ring (bicyclic) bond motifs is 1. The number of hydrogen-bond donors (Lipinski definition) is 2. The topological polar surface area (TPSA) is 105 Å². The Morgan fingerprint density at radius 3 is 2.69 bits per heavy atom. The molecule has 0 aromatic heterocycles. The minimum atomic E-state index is -3.83. The van der Waals surface area contributed by atoms with Crippen LogP contribution in [0.5, 0.6) is 5.75 Å². The molecule has 1 saturated heterocycles. The van der Waals surface area contributed by atoms with Gasteiger partial charge in [-0.1, -0.05) is 17.7 Å². The van der Waals surface area contributed by atoms with E-state index in [1.807, 2.05) is 32.0 Å². The molecule has 2 aliphatic rings. The highest BCUT2D eigenvalue weighted by Gasteiger charge is 2.35. The van der Waals surface area contributed by atoms with Crippen LogP contribution in [0, 0.1) is 26.7 Å². The summed E-state index contributed by atoms with van der Waals surface area (Å²) in [6, 6.07) is 8.86. The largest absolute Gasteiger partial charge is 0.482 e. The molecule has 2 amide bonds. The summed E-state index contributed by atoms with van der Waals surface area (Å²) >= 11 is 0. The molecule has 1 atom stereocenters. The first-order valence-electron chi connectivity index (χ1n) is 10.6. The number of nitrogens with zero attached hydrogens (tertiary/aromatic N) is 1. The van der Waals surface area contributed by atoms with Crippen molar-refractivity contribution in [3.8, 4) is 5.75 Å². The Hall–Kier alpha value is -2.91. The Bertz CT molecular complexity index is 1190. The molecule has 0 saturated carbocycles. The standard InChI is InChI=1S/C23H27N3O5S/c1-14-6-7-18(15(2)9-14)25-23(28)17-5-4-8-26(12-17)32(29,30)21-11-20-19(10-16(21)3)24-22(27)13-31-20/h6-7,9-11,17H,4-5,8,12-13H2,1-3H3,(H,24,27)(H,25,28)/t17-/m0/s1. The molecule has 0 unspecified atom stereocenters. The van der Waals surface area contributed by atoms with Crippen LogP contribution in [0.1, 0.15) is 29.5 Å². The molecule has 0 spiro atoms. The van der Waals surface area contributed by atoms with Crippen molar-refractivity contribution in [3.05, 3.63) is 47.0 Å². The smallest absolute Gasteiger partial charge is 0.262 e. The maximum absolute atomic E-state index is 13.4. The number of ether oxygens (including phenoxy) is 1. The Kier molecular flexibility index (Phi) is 5.96. The first kappa shape index (κ1) is 22.3. The lowest BCUT2D eigenvalue weighted by Crippen LogP contribution is -2.44. The van der Waals surface area contributed by atoms with Gasteiger partial charge in [0.15, 0.2) is 6.61 Å². The lowest BCUT2D eigenvalue weighted by atomic mass is 9.98. The number of sulfonamides is 1. The monoisotopic (exact) mass is 457 g/mol. The van der Waals surface area contributed by atoms with Gasteiger partial charge in [-0.25, -0.2) is 8.42 Å². The van der Waals surface area contributed by atoms with Crippen molar-refractivity contribution in [3.63, 3.8) is 0 Å². The summed E-state index contributed by atoms with van der Waals surface area (Å²) in [5.41, 5.74) is 3.79. The summed E-state index contributed by atoms with van der Waals surface area (Å²) in [6.45, 7) is 5.92. The first-order valence-corrected chi connectivity index (χ1v) is 12.0. The highest BCUT2D eigenvalue weighted by Crippen LogP contribution is 2.35. The van der Waals surface area contributed by atoms with E-state index in [-0.39, 0.29) is 29.9 Å². The van der Waals surface area contributed by atoms with Gasteiger partial charge in [-0.05, 0) is 56.9 Å². The summed E-state index contributed by atoms with van der Waals surface area (Å²) in [7, 11) is -3.83. The number of nitrogens with one attached hydrogen (secondary N) is 2. The van der Waals surface area contributed by atoms with Crippen LogP contribution in [-0.2, 0) is 19.6 Å². The molecule has 2 aromatic rings. The lowest BCUT2D eigenvalue weighted by molar-refractivity contribution is -0.121. The number of benzene rings is 2. The van der Waals surface area contributed by atoms with E-state index in [0.717, 1.165) is 16.8 Å². The number of piperidine rings is 1. The molecule has 170 valence electrons. The predicted molar refractivity (Wildman–Crippen MR) is 121 cm³/mol. The van der Waals surface area contributed by atoms with Gasteiger partial charge in [-0.2, -0.15) is 4.31 Å². The number of rotatable bonds is 4. The molecule has 8 nitrogen and oxygen atoms in total. The van der Waals surface area contributed by atoms with Crippen LogP contribution in [0.15, 0.2) is 35.2 Å². The zero-order valence-corrected chi connectivity index (χ0v) is 19.2. The molecule has 32 heavy (non-hydrogen) atoms. The molecular weight excluding hydrogens is 430 g/mol. The third kappa shape index (κ3) is 4.35. The van der Waals surface area contributed by atoms with Crippen molar-refractivity contribution in [2.75, 3.05) is 30.3 Å². The van der Waals surface area contributed by atoms with Gasteiger partial charge in [0.2, 0.25) is 15.9 Å². The number of aryl methyl sites for hydroxylation is 3. The molecule has 2 N–H and O–H groups in total. The van der Waals surface area contributed by atoms with Crippen LogP contribution < -0.4 is 15.4 Å². The third-order valence-electron chi connectivity index (χ3n) is 5.92. The highest BCUT2D eigenvalue weighted by molar-refractivity contribution is 7.89. The minimum Gasteiger partial charge on any atom is -0.482 e. The van der Waals surface area contributed by atoms with E-state index in [2.05, 4.69) is 10.6 Å². The second-order valence-corrected chi connectivity index (χ2v) is 10.4. The van der Waals surface area contributed by atoms with E-state index in [4.69, 9.17) is 4.74 Å². The van der Waals surface area contributed by atoms with Gasteiger partial charge in [0.05, 0.1) is 16.5 Å². The molecule has 0 bridgehead atoms. The van der Waals surface area contributed by atoms with E-state index in [1.165, 1.54) is 10.4 Å². The van der Waals surface area contributed by atoms with Gasteiger partial charge in [0, 0.05) is 24.8 Å². The number of anilines is 2. The molecule has 9 heteroatoms. The van der Waals surface area contributed by atoms with Gasteiger partial charge >= 0.3 is 0 Å². The average Bonchev–Trinajstić information content (AvgIpc) is 2.75. The molecule has 0 aliphatic carbocycles. The molecule has 4 rings (SSSR count). The summed E-state index contributed by atoms with van der Waals surface area (Å²) in [5, 5.41) is 5.64. The molecule has 0 radical (unpaired) electrons. The van der Waals surface area contributed by atoms with Crippen LogP contribution in [0.4, 0.5) is 11.4 Å². The summed E-state index contributed by atoms with van der Waals surface area (Å²) in [5.74, 6) is -0.561. The predicted octanol–water partition coefficient (Wildman–Crippen LogP) is 2.98. The van der Waals surface area contributed by atoms with Crippen LogP contribution in [0.2, 0.25) is 0 Å². The molecular formula is C23H27N3O5S. The van der Waals surface area contributed by atoms with Gasteiger partial charge in [0.25, 0.3) is 5.91 Å². The molecule has 1 fully saturated rings. The van der Waals surface area contributed by atoms with Gasteiger partial charge < -0.3 is 15.4 Å². The average molecular weight is 458 g/mol. The SMILES string of the molecule is Cc1ccc(NC(=O)[C@H]2CCCN(S(=O)(=O)c3cc4c(cc3C)NC(=O)CO4)C2)c(C)c1. The van der Waals surface area contributed by atoms with Crippen molar-refractivity contribution in [1.82, 2.24) is 4.31 Å². The second-order valence-electron chi connectivity index (χ2n) is 8.46. The quantitative estimate of drug-likeness (QED) is 0.734. The van der Waals surface area contributed by atoms with Crippen molar-refractivity contribution in [1.29, 1.82) is 0 Å². The van der Waals surface area contributed by atoms with Crippen LogP contribution in [0.25, 0.3) is 0 Å². The van der Waals surface area contributed by atoms with Crippen molar-refractivity contribution in [2.45, 2.75) is 38.5 Å². The fourth-order valence-corrected chi connectivity index (χ4v) is 5.94. The van der Waals surface area contributed by atoms with Gasteiger partial charge in [-0.3, -0.25) is 9.59 Å². The Morgan fingerprint density at radius 2 is 1.94 bits per heavy atom. The Balaban J connectivity index is 1.53. The van der Waals surface area contributed by atoms with Crippen LogP contribution in [0.3, 0.4) is 0 Å². The Morgan fingerprint density at radius 1 is 1.16 bits per heavy atom. The molecule has 2 aromatic carbocycles. The second kappa shape index (κ2) is 8.55. The summed E-state index contributed by atoms with van der Waals surface area (Å²) in [4.78, 5) is 24.6. The van der Waals surface area contributed by atoms with E-state index < -0.39 is 15.9 Å². The minimum absolute atomic E-state index is 0.118. The number of hydrogen-bond acceptors (Lipinski definition) is 5. The maximum Gasteiger partial charge on any atom is 0.262 e. The number of carbonyl (C=O) groups excluding carboxylic acids is 2. The number of amides is 2. The lowest BCUT2D eigenvalue weighted by Gasteiger charge is -2.32. The van der Waals surface area contributed by atoms with Crippen molar-refractivity contribution in [2.24, 2.45) is 5.92 Å². The summed E-state index contributed by atoms with van der Waals surface area (Å²) < 4.78 is 33.6. The molecule has 2 heterocycles. The van der Waals surface area contributed by atoms with Gasteiger partial charge in [-0.15, -0.1) is 0 Å². The van der Waals surface area contributed by atoms with Crippen LogP contribution >= 0.6 is 0 Å². The normalized spacial score (nSPS) is 19.0. The zero-order chi connectivity index (χ0) is 23.0. The van der Waals surface area contributed by atoms with E-state index >= 15 is 0 Å². The zero-order valence-electron chi connectivity index (χ0n) is 18.4. The molecule has 2 aliphatic heterocycles. The third-order valence-corrected chi connectivity index (χ3v) is 7.93. The fourth-order valence-electron chi connectivity index (χ4n) is 4.20. The fraction of sp³-hybridized carbons (Fsp3) is 0.391. The first-order chi connectivity index (χ1) is 15.1. The van der Waals surface area contributed by atoms with E-state index in [1.54, 1.807) is 13.0 Å². The Labute approximate surface area is 188 Å².